The molecule has 0 aliphatic heterocycles. The van der Waals surface area contributed by atoms with Gasteiger partial charge >= 0.3 is 0 Å². The van der Waals surface area contributed by atoms with Gasteiger partial charge in [0.25, 0.3) is 0 Å². The predicted octanol–water partition coefficient (Wildman–Crippen LogP) is 6.37. The zero-order chi connectivity index (χ0) is 13.5. The molecule has 2 fully saturated rings. The first kappa shape index (κ1) is 15.1. The molecule has 0 aromatic carbocycles. The van der Waals surface area contributed by atoms with Crippen molar-refractivity contribution >= 4 is 0 Å². The molecule has 110 valence electrons. The van der Waals surface area contributed by atoms with E-state index in [0.717, 1.165) is 23.7 Å². The molecule has 2 saturated carbocycles. The summed E-state index contributed by atoms with van der Waals surface area (Å²) in [5, 5.41) is 0. The normalized spacial score (nSPS) is 36.7. The summed E-state index contributed by atoms with van der Waals surface area (Å²) in [4.78, 5) is 0. The molecule has 19 heavy (non-hydrogen) atoms. The minimum absolute atomic E-state index is 0.912. The van der Waals surface area contributed by atoms with Gasteiger partial charge in [-0.25, -0.2) is 0 Å². The van der Waals surface area contributed by atoms with Crippen molar-refractivity contribution in [1.82, 2.24) is 0 Å². The van der Waals surface area contributed by atoms with Crippen molar-refractivity contribution in [3.63, 3.8) is 0 Å². The summed E-state index contributed by atoms with van der Waals surface area (Å²) in [6.07, 6.45) is 21.1. The van der Waals surface area contributed by atoms with E-state index in [1.54, 1.807) is 12.8 Å². The molecule has 0 atom stereocenters. The number of unbranched alkanes of at least 4 members (excludes halogenated alkanes) is 1. The molecule has 2 aliphatic carbocycles. The van der Waals surface area contributed by atoms with E-state index >= 15 is 0 Å². The van der Waals surface area contributed by atoms with Gasteiger partial charge in [-0.1, -0.05) is 51.7 Å². The van der Waals surface area contributed by atoms with Crippen LogP contribution in [0.1, 0.15) is 84.5 Å². The molecule has 0 bridgehead atoms. The van der Waals surface area contributed by atoms with Crippen LogP contribution in [0.5, 0.6) is 0 Å². The van der Waals surface area contributed by atoms with Gasteiger partial charge in [-0.3, -0.25) is 0 Å². The van der Waals surface area contributed by atoms with Gasteiger partial charge in [0, 0.05) is 0 Å². The largest absolute Gasteiger partial charge is 0.0883 e. The highest BCUT2D eigenvalue weighted by molar-refractivity contribution is 4.92. The van der Waals surface area contributed by atoms with Gasteiger partial charge in [0.05, 0.1) is 0 Å². The second-order valence-electron chi connectivity index (χ2n) is 7.08. The summed E-state index contributed by atoms with van der Waals surface area (Å²) in [7, 11) is 0. The SMILES string of the molecule is CCC/C=C/[C@H]1CC[C@H]([C@H]2CC[C@H](CC)CC2)CC1. The average molecular weight is 262 g/mol. The van der Waals surface area contributed by atoms with E-state index in [1.807, 2.05) is 0 Å². The lowest BCUT2D eigenvalue weighted by atomic mass is 9.69. The Kier molecular flexibility index (Phi) is 6.47. The van der Waals surface area contributed by atoms with Gasteiger partial charge in [-0.15, -0.1) is 0 Å². The molecule has 0 aromatic rings. The Labute approximate surface area is 121 Å². The second kappa shape index (κ2) is 8.12. The molecule has 0 radical (unpaired) electrons. The number of allylic oxidation sites excluding steroid dienone is 2. The molecule has 2 rings (SSSR count). The van der Waals surface area contributed by atoms with E-state index in [-0.39, 0.29) is 0 Å². The maximum absolute atomic E-state index is 2.52. The van der Waals surface area contributed by atoms with Crippen LogP contribution < -0.4 is 0 Å². The maximum atomic E-state index is 2.52. The van der Waals surface area contributed by atoms with Crippen LogP contribution in [-0.4, -0.2) is 0 Å². The fraction of sp³-hybridized carbons (Fsp3) is 0.895. The molecule has 0 unspecified atom stereocenters. The molecule has 2 aliphatic rings. The van der Waals surface area contributed by atoms with E-state index < -0.39 is 0 Å². The van der Waals surface area contributed by atoms with Crippen molar-refractivity contribution < 1.29 is 0 Å². The highest BCUT2D eigenvalue weighted by atomic mass is 14.3. The molecular weight excluding hydrogens is 228 g/mol. The smallest absolute Gasteiger partial charge is 0.0233 e. The van der Waals surface area contributed by atoms with Crippen LogP contribution in [0.4, 0.5) is 0 Å². The number of hydrogen-bond acceptors (Lipinski definition) is 0. The Morgan fingerprint density at radius 3 is 1.89 bits per heavy atom. The van der Waals surface area contributed by atoms with E-state index in [9.17, 15) is 0 Å². The highest BCUT2D eigenvalue weighted by Crippen LogP contribution is 2.42. The molecule has 0 nitrogen and oxygen atoms in total. The van der Waals surface area contributed by atoms with Crippen molar-refractivity contribution in [1.29, 1.82) is 0 Å². The number of rotatable bonds is 5. The van der Waals surface area contributed by atoms with E-state index in [4.69, 9.17) is 0 Å². The first-order chi connectivity index (χ1) is 9.33. The summed E-state index contributed by atoms with van der Waals surface area (Å²) in [6, 6.07) is 0. The topological polar surface area (TPSA) is 0 Å². The lowest BCUT2D eigenvalue weighted by Crippen LogP contribution is -2.25. The molecule has 0 spiro atoms. The molecule has 0 heterocycles. The summed E-state index contributed by atoms with van der Waals surface area (Å²) in [6.45, 7) is 4.65. The third-order valence-corrected chi connectivity index (χ3v) is 5.82. The predicted molar refractivity (Wildman–Crippen MR) is 85.2 cm³/mol. The molecule has 0 aromatic heterocycles. The van der Waals surface area contributed by atoms with Crippen LogP contribution >= 0.6 is 0 Å². The average Bonchev–Trinajstić information content (AvgIpc) is 2.48. The summed E-state index contributed by atoms with van der Waals surface area (Å²) < 4.78 is 0. The lowest BCUT2D eigenvalue weighted by molar-refractivity contribution is 0.154. The van der Waals surface area contributed by atoms with Crippen LogP contribution in [0.2, 0.25) is 0 Å². The van der Waals surface area contributed by atoms with Gasteiger partial charge in [0.1, 0.15) is 0 Å². The van der Waals surface area contributed by atoms with E-state index in [2.05, 4.69) is 26.0 Å². The van der Waals surface area contributed by atoms with Gasteiger partial charge < -0.3 is 0 Å². The molecule has 0 N–H and O–H groups in total. The molecular formula is C19H34. The monoisotopic (exact) mass is 262 g/mol. The minimum atomic E-state index is 0.912. The van der Waals surface area contributed by atoms with Crippen LogP contribution in [0.3, 0.4) is 0 Å². The zero-order valence-electron chi connectivity index (χ0n) is 13.2. The van der Waals surface area contributed by atoms with Crippen molar-refractivity contribution in [3.8, 4) is 0 Å². The summed E-state index contributed by atoms with van der Waals surface area (Å²) in [5.41, 5.74) is 0. The quantitative estimate of drug-likeness (QED) is 0.505. The van der Waals surface area contributed by atoms with Crippen molar-refractivity contribution in [2.24, 2.45) is 23.7 Å². The van der Waals surface area contributed by atoms with Crippen molar-refractivity contribution in [2.45, 2.75) is 84.5 Å². The Bertz CT molecular complexity index is 249. The van der Waals surface area contributed by atoms with Gasteiger partial charge in [0.15, 0.2) is 0 Å². The number of hydrogen-bond donors (Lipinski definition) is 0. The zero-order valence-corrected chi connectivity index (χ0v) is 13.2. The second-order valence-corrected chi connectivity index (χ2v) is 7.08. The van der Waals surface area contributed by atoms with Crippen LogP contribution in [0, 0.1) is 23.7 Å². The fourth-order valence-electron chi connectivity index (χ4n) is 4.33. The van der Waals surface area contributed by atoms with Gasteiger partial charge in [-0.2, -0.15) is 0 Å². The fourth-order valence-corrected chi connectivity index (χ4v) is 4.33. The maximum Gasteiger partial charge on any atom is -0.0233 e. The molecule has 0 amide bonds. The van der Waals surface area contributed by atoms with E-state index in [0.29, 0.717) is 0 Å². The van der Waals surface area contributed by atoms with E-state index in [1.165, 1.54) is 57.8 Å². The highest BCUT2D eigenvalue weighted by Gasteiger charge is 2.29. The van der Waals surface area contributed by atoms with Crippen LogP contribution in [-0.2, 0) is 0 Å². The van der Waals surface area contributed by atoms with Crippen molar-refractivity contribution in [2.75, 3.05) is 0 Å². The Balaban J connectivity index is 1.68. The molecule has 0 saturated heterocycles. The first-order valence-electron chi connectivity index (χ1n) is 9.00. The standard InChI is InChI=1S/C19H34/c1-3-5-6-7-17-10-14-19(15-11-17)18-12-8-16(4-2)9-13-18/h6-7,16-19H,3-5,8-15H2,1-2H3/b7-6+/t16-,17-,18-,19-. The van der Waals surface area contributed by atoms with Gasteiger partial charge in [0.2, 0.25) is 0 Å². The van der Waals surface area contributed by atoms with Crippen molar-refractivity contribution in [3.05, 3.63) is 12.2 Å². The summed E-state index contributed by atoms with van der Waals surface area (Å²) in [5.74, 6) is 4.14. The molecule has 0 heteroatoms. The third kappa shape index (κ3) is 4.65. The summed E-state index contributed by atoms with van der Waals surface area (Å²) >= 11 is 0. The Morgan fingerprint density at radius 2 is 1.37 bits per heavy atom. The Morgan fingerprint density at radius 1 is 0.789 bits per heavy atom. The first-order valence-corrected chi connectivity index (χ1v) is 9.00. The Hall–Kier alpha value is -0.260. The lowest BCUT2D eigenvalue weighted by Gasteiger charge is -2.37. The van der Waals surface area contributed by atoms with Crippen LogP contribution in [0.25, 0.3) is 0 Å². The minimum Gasteiger partial charge on any atom is -0.0883 e. The van der Waals surface area contributed by atoms with Crippen LogP contribution in [0.15, 0.2) is 12.2 Å². The third-order valence-electron chi connectivity index (χ3n) is 5.82. The van der Waals surface area contributed by atoms with Gasteiger partial charge in [-0.05, 0) is 68.6 Å².